The first-order valence-electron chi connectivity index (χ1n) is 5.10. The van der Waals surface area contributed by atoms with Gasteiger partial charge in [-0.15, -0.1) is 11.3 Å². The van der Waals surface area contributed by atoms with Gasteiger partial charge >= 0.3 is 5.97 Å². The molecule has 0 fully saturated rings. The van der Waals surface area contributed by atoms with Crippen LogP contribution in [0.4, 0.5) is 0 Å². The normalized spacial score (nSPS) is 10.5. The average Bonchev–Trinajstić information content (AvgIpc) is 2.73. The van der Waals surface area contributed by atoms with Crippen LogP contribution in [0.25, 0.3) is 10.6 Å². The van der Waals surface area contributed by atoms with Gasteiger partial charge in [-0.2, -0.15) is 0 Å². The van der Waals surface area contributed by atoms with Crippen LogP contribution in [-0.4, -0.2) is 21.8 Å². The first-order valence-corrected chi connectivity index (χ1v) is 7.09. The summed E-state index contributed by atoms with van der Waals surface area (Å²) in [6.07, 6.45) is 0. The lowest BCUT2D eigenvalue weighted by Crippen LogP contribution is -2.03. The van der Waals surface area contributed by atoms with Crippen LogP contribution in [-0.2, 0) is 0 Å². The highest BCUT2D eigenvalue weighted by Crippen LogP contribution is 2.34. The van der Waals surface area contributed by atoms with E-state index in [0.29, 0.717) is 15.6 Å². The Morgan fingerprint density at radius 2 is 2.11 bits per heavy atom. The zero-order valence-electron chi connectivity index (χ0n) is 9.61. The maximum Gasteiger partial charge on any atom is 0.356 e. The van der Waals surface area contributed by atoms with Crippen LogP contribution in [0.1, 0.15) is 27.1 Å². The fourth-order valence-corrected chi connectivity index (χ4v) is 3.29. The minimum Gasteiger partial charge on any atom is -0.476 e. The number of carbonyl (C=O) groups excluding carboxylic acids is 1. The van der Waals surface area contributed by atoms with E-state index in [4.69, 9.17) is 16.7 Å². The van der Waals surface area contributed by atoms with E-state index in [1.54, 1.807) is 18.2 Å². The molecule has 1 N–H and O–H groups in total. The Labute approximate surface area is 126 Å². The van der Waals surface area contributed by atoms with Crippen molar-refractivity contribution in [2.75, 3.05) is 0 Å². The fraction of sp³-hybridized carbons (Fsp3) is 0.0833. The summed E-state index contributed by atoms with van der Waals surface area (Å²) in [5.41, 5.74) is 0.372. The molecule has 0 atom stereocenters. The van der Waals surface area contributed by atoms with Crippen molar-refractivity contribution in [3.63, 3.8) is 0 Å². The van der Waals surface area contributed by atoms with E-state index in [-0.39, 0.29) is 16.4 Å². The van der Waals surface area contributed by atoms with Gasteiger partial charge in [0, 0.05) is 17.0 Å². The van der Waals surface area contributed by atoms with Gasteiger partial charge in [0.05, 0.1) is 5.02 Å². The number of rotatable bonds is 3. The van der Waals surface area contributed by atoms with Crippen molar-refractivity contribution in [3.8, 4) is 10.6 Å². The molecule has 2 aromatic rings. The molecule has 0 radical (unpaired) electrons. The van der Waals surface area contributed by atoms with E-state index >= 15 is 0 Å². The van der Waals surface area contributed by atoms with Crippen LogP contribution in [0.15, 0.2) is 22.7 Å². The van der Waals surface area contributed by atoms with E-state index in [0.717, 1.165) is 15.8 Å². The number of nitrogens with zero attached hydrogens (tertiary/aromatic N) is 1. The Morgan fingerprint density at radius 3 is 2.58 bits per heavy atom. The van der Waals surface area contributed by atoms with E-state index < -0.39 is 5.97 Å². The number of aromatic carboxylic acids is 1. The van der Waals surface area contributed by atoms with E-state index in [1.165, 1.54) is 6.92 Å². The van der Waals surface area contributed by atoms with Gasteiger partial charge in [-0.3, -0.25) is 4.79 Å². The molecular weight excluding hydrogens is 354 g/mol. The number of carboxylic acid groups (broad SMARTS) is 1. The molecule has 19 heavy (non-hydrogen) atoms. The van der Waals surface area contributed by atoms with Gasteiger partial charge in [-0.05, 0) is 18.2 Å². The number of benzene rings is 1. The van der Waals surface area contributed by atoms with Crippen molar-refractivity contribution in [2.24, 2.45) is 0 Å². The highest BCUT2D eigenvalue weighted by Gasteiger charge is 2.22. The van der Waals surface area contributed by atoms with Gasteiger partial charge in [-0.25, -0.2) is 9.78 Å². The molecule has 0 saturated heterocycles. The molecular formula is C12H7BrClNO3S. The third-order valence-corrected chi connectivity index (χ3v) is 4.31. The maximum atomic E-state index is 11.4. The number of carboxylic acids is 1. The van der Waals surface area contributed by atoms with Gasteiger partial charge in [0.1, 0.15) is 9.88 Å². The molecule has 0 aliphatic carbocycles. The summed E-state index contributed by atoms with van der Waals surface area (Å²) in [5.74, 6) is -1.55. The van der Waals surface area contributed by atoms with Gasteiger partial charge in [0.25, 0.3) is 0 Å². The first kappa shape index (κ1) is 14.2. The van der Waals surface area contributed by atoms with E-state index in [2.05, 4.69) is 20.9 Å². The quantitative estimate of drug-likeness (QED) is 0.836. The predicted molar refractivity (Wildman–Crippen MR) is 77.2 cm³/mol. The molecule has 0 unspecified atom stereocenters. The smallest absolute Gasteiger partial charge is 0.356 e. The molecule has 7 heteroatoms. The molecule has 1 heterocycles. The Bertz CT molecular complexity index is 652. The Kier molecular flexibility index (Phi) is 4.03. The molecule has 1 aromatic carbocycles. The zero-order chi connectivity index (χ0) is 14.2. The first-order chi connectivity index (χ1) is 8.90. The monoisotopic (exact) mass is 359 g/mol. The molecule has 4 nitrogen and oxygen atoms in total. The highest BCUT2D eigenvalue weighted by atomic mass is 79.9. The lowest BCUT2D eigenvalue weighted by molar-refractivity contribution is 0.0687. The van der Waals surface area contributed by atoms with Crippen LogP contribution >= 0.6 is 38.9 Å². The zero-order valence-corrected chi connectivity index (χ0v) is 12.8. The number of halogens is 2. The molecule has 1 aromatic heterocycles. The number of hydrogen-bond donors (Lipinski definition) is 1. The number of ketones is 1. The molecule has 0 saturated carbocycles. The van der Waals surface area contributed by atoms with Crippen molar-refractivity contribution in [1.82, 2.24) is 4.98 Å². The lowest BCUT2D eigenvalue weighted by Gasteiger charge is -2.00. The molecule has 98 valence electrons. The van der Waals surface area contributed by atoms with Crippen molar-refractivity contribution in [1.29, 1.82) is 0 Å². The minimum atomic E-state index is -1.22. The second-order valence-electron chi connectivity index (χ2n) is 3.68. The van der Waals surface area contributed by atoms with Crippen LogP contribution in [0.5, 0.6) is 0 Å². The number of hydrogen-bond acceptors (Lipinski definition) is 4. The highest BCUT2D eigenvalue weighted by molar-refractivity contribution is 9.10. The van der Waals surface area contributed by atoms with E-state index in [1.807, 2.05) is 0 Å². The maximum absolute atomic E-state index is 11.4. The predicted octanol–water partition coefficient (Wildman–Crippen LogP) is 4.13. The van der Waals surface area contributed by atoms with Crippen LogP contribution in [0.2, 0.25) is 5.02 Å². The van der Waals surface area contributed by atoms with Crippen LogP contribution < -0.4 is 0 Å². The standard InChI is InChI=1S/C12H7BrClNO3S/c1-5(16)10-9(12(17)18)15-11(19-10)7-3-2-6(13)4-8(7)14/h2-4H,1H3,(H,17,18). The third-order valence-electron chi connectivity index (χ3n) is 2.31. The van der Waals surface area contributed by atoms with Crippen molar-refractivity contribution in [2.45, 2.75) is 6.92 Å². The number of carbonyl (C=O) groups is 2. The molecule has 2 rings (SSSR count). The molecule has 0 amide bonds. The Balaban J connectivity index is 2.60. The second kappa shape index (κ2) is 5.40. The summed E-state index contributed by atoms with van der Waals surface area (Å²) in [5, 5.41) is 9.90. The average molecular weight is 361 g/mol. The lowest BCUT2D eigenvalue weighted by atomic mass is 10.2. The number of thiazole rings is 1. The molecule has 0 aliphatic heterocycles. The minimum absolute atomic E-state index is 0.126. The molecule has 0 aliphatic rings. The number of aromatic nitrogens is 1. The molecule has 0 bridgehead atoms. The van der Waals surface area contributed by atoms with Crippen molar-refractivity contribution < 1.29 is 14.7 Å². The van der Waals surface area contributed by atoms with Crippen LogP contribution in [0.3, 0.4) is 0 Å². The Hall–Kier alpha value is -1.24. The van der Waals surface area contributed by atoms with Crippen molar-refractivity contribution in [3.05, 3.63) is 38.3 Å². The second-order valence-corrected chi connectivity index (χ2v) is 6.00. The van der Waals surface area contributed by atoms with Gasteiger partial charge in [0.15, 0.2) is 11.5 Å². The van der Waals surface area contributed by atoms with Gasteiger partial charge in [-0.1, -0.05) is 27.5 Å². The van der Waals surface area contributed by atoms with Crippen molar-refractivity contribution >= 4 is 50.6 Å². The van der Waals surface area contributed by atoms with Gasteiger partial charge in [0.2, 0.25) is 0 Å². The Morgan fingerprint density at radius 1 is 1.42 bits per heavy atom. The van der Waals surface area contributed by atoms with E-state index in [9.17, 15) is 9.59 Å². The summed E-state index contributed by atoms with van der Waals surface area (Å²) >= 11 is 10.4. The SMILES string of the molecule is CC(=O)c1sc(-c2ccc(Br)cc2Cl)nc1C(=O)O. The summed E-state index contributed by atoms with van der Waals surface area (Å²) in [6.45, 7) is 1.31. The summed E-state index contributed by atoms with van der Waals surface area (Å²) in [7, 11) is 0. The fourth-order valence-electron chi connectivity index (χ4n) is 1.48. The summed E-state index contributed by atoms with van der Waals surface area (Å²) < 4.78 is 0.808. The van der Waals surface area contributed by atoms with Gasteiger partial charge < -0.3 is 5.11 Å². The number of Topliss-reactive ketones (excluding diaryl/α,β-unsaturated/α-hetero) is 1. The van der Waals surface area contributed by atoms with Crippen LogP contribution in [0, 0.1) is 0 Å². The largest absolute Gasteiger partial charge is 0.476 e. The topological polar surface area (TPSA) is 67.3 Å². The summed E-state index contributed by atoms with van der Waals surface area (Å²) in [6, 6.07) is 5.18. The summed E-state index contributed by atoms with van der Waals surface area (Å²) in [4.78, 5) is 26.6. The molecule has 0 spiro atoms. The third kappa shape index (κ3) is 2.86.